The molecule has 1 saturated carbocycles. The van der Waals surface area contributed by atoms with Crippen LogP contribution in [0.3, 0.4) is 0 Å². The molecule has 3 aromatic heterocycles. The van der Waals surface area contributed by atoms with Crippen molar-refractivity contribution in [1.82, 2.24) is 30.2 Å². The maximum atomic E-state index is 13.9. The van der Waals surface area contributed by atoms with E-state index in [1.165, 1.54) is 22.8 Å². The molecular weight excluding hydrogens is 612 g/mol. The highest BCUT2D eigenvalue weighted by Gasteiger charge is 2.40. The van der Waals surface area contributed by atoms with Gasteiger partial charge in [-0.15, -0.1) is 0 Å². The van der Waals surface area contributed by atoms with Gasteiger partial charge in [0.2, 0.25) is 11.8 Å². The van der Waals surface area contributed by atoms with Crippen molar-refractivity contribution < 1.29 is 54.6 Å². The zero-order chi connectivity index (χ0) is 32.3. The van der Waals surface area contributed by atoms with Gasteiger partial charge in [0.1, 0.15) is 0 Å². The van der Waals surface area contributed by atoms with Gasteiger partial charge in [-0.25, -0.2) is 23.3 Å². The molecular formula is C26H26F8N6O4. The topological polar surface area (TPSA) is 131 Å². The highest BCUT2D eigenvalue weighted by molar-refractivity contribution is 5.95. The third-order valence-electron chi connectivity index (χ3n) is 6.82. The van der Waals surface area contributed by atoms with Gasteiger partial charge in [0.05, 0.1) is 30.6 Å². The van der Waals surface area contributed by atoms with Gasteiger partial charge < -0.3 is 20.5 Å². The molecule has 0 spiro atoms. The van der Waals surface area contributed by atoms with Crippen LogP contribution in [0.2, 0.25) is 0 Å². The third kappa shape index (κ3) is 8.96. The third-order valence-corrected chi connectivity index (χ3v) is 6.82. The lowest BCUT2D eigenvalue weighted by Gasteiger charge is -2.33. The van der Waals surface area contributed by atoms with Crippen LogP contribution in [0.5, 0.6) is 5.75 Å². The number of imidazole rings is 1. The lowest BCUT2D eigenvalue weighted by molar-refractivity contribution is -0.153. The molecule has 0 bridgehead atoms. The summed E-state index contributed by atoms with van der Waals surface area (Å²) in [6.07, 6.45) is -10.7. The second-order valence-corrected chi connectivity index (χ2v) is 10.2. The van der Waals surface area contributed by atoms with Crippen LogP contribution in [0.25, 0.3) is 5.65 Å². The van der Waals surface area contributed by atoms with Crippen LogP contribution in [-0.2, 0) is 4.79 Å². The molecule has 2 atom stereocenters. The number of aromatic nitrogens is 4. The Bertz CT molecular complexity index is 1470. The molecule has 0 unspecified atom stereocenters. The van der Waals surface area contributed by atoms with E-state index in [2.05, 4.69) is 20.4 Å². The molecule has 4 rings (SSSR count). The lowest BCUT2D eigenvalue weighted by Crippen LogP contribution is -2.38. The number of carbonyl (C=O) groups excluding carboxylic acids is 2. The average molecular weight is 639 g/mol. The summed E-state index contributed by atoms with van der Waals surface area (Å²) in [5, 5.41) is 19.0. The molecule has 1 fully saturated rings. The van der Waals surface area contributed by atoms with Crippen molar-refractivity contribution in [1.29, 1.82) is 0 Å². The number of aliphatic hydroxyl groups excluding tert-OH is 1. The lowest BCUT2D eigenvalue weighted by atomic mass is 9.81. The summed E-state index contributed by atoms with van der Waals surface area (Å²) in [6, 6.07) is 2.61. The number of hydrogen-bond donors (Lipinski definition) is 3. The van der Waals surface area contributed by atoms with Crippen molar-refractivity contribution in [2.45, 2.75) is 69.1 Å². The van der Waals surface area contributed by atoms with E-state index in [0.29, 0.717) is 0 Å². The SMILES string of the molecule is O=C(CCC(F)(F)F)N[C@H](O)c1cnn2cc([C@@H](NC(=O)c3ncccc3OCC(F)(F)F)C3CCC(F)(F)CC3)nc2c1. The summed E-state index contributed by atoms with van der Waals surface area (Å²) in [6.45, 7) is -1.69. The van der Waals surface area contributed by atoms with E-state index < -0.39 is 92.0 Å². The summed E-state index contributed by atoms with van der Waals surface area (Å²) in [5.41, 5.74) is -0.312. The number of fused-ring (bicyclic) bond motifs is 1. The number of aliphatic hydroxyl groups is 1. The van der Waals surface area contributed by atoms with E-state index in [-0.39, 0.29) is 29.7 Å². The quantitative estimate of drug-likeness (QED) is 0.215. The van der Waals surface area contributed by atoms with Gasteiger partial charge in [0.15, 0.2) is 29.9 Å². The Morgan fingerprint density at radius 2 is 1.82 bits per heavy atom. The molecule has 0 saturated heterocycles. The normalized spacial score (nSPS) is 17.2. The highest BCUT2D eigenvalue weighted by Crippen LogP contribution is 2.41. The molecule has 0 radical (unpaired) electrons. The van der Waals surface area contributed by atoms with Crippen molar-refractivity contribution in [2.75, 3.05) is 6.61 Å². The summed E-state index contributed by atoms with van der Waals surface area (Å²) in [4.78, 5) is 33.3. The smallest absolute Gasteiger partial charge is 0.422 e. The first-order chi connectivity index (χ1) is 20.5. The van der Waals surface area contributed by atoms with Gasteiger partial charge in [0, 0.05) is 31.0 Å². The molecule has 0 aliphatic heterocycles. The average Bonchev–Trinajstić information content (AvgIpc) is 3.36. The number of alkyl halides is 8. The van der Waals surface area contributed by atoms with Gasteiger partial charge in [-0.1, -0.05) is 0 Å². The van der Waals surface area contributed by atoms with Crippen LogP contribution in [0.4, 0.5) is 35.1 Å². The van der Waals surface area contributed by atoms with Crippen molar-refractivity contribution in [2.24, 2.45) is 5.92 Å². The minimum Gasteiger partial charge on any atom is -0.482 e. The van der Waals surface area contributed by atoms with Gasteiger partial charge in [-0.05, 0) is 37.0 Å². The Morgan fingerprint density at radius 3 is 2.48 bits per heavy atom. The summed E-state index contributed by atoms with van der Waals surface area (Å²) < 4.78 is 109. The molecule has 1 aliphatic rings. The molecule has 18 heteroatoms. The van der Waals surface area contributed by atoms with Crippen molar-refractivity contribution in [3.05, 3.63) is 53.7 Å². The fraction of sp³-hybridized carbons (Fsp3) is 0.500. The van der Waals surface area contributed by atoms with Crippen molar-refractivity contribution >= 4 is 17.5 Å². The van der Waals surface area contributed by atoms with E-state index >= 15 is 0 Å². The second kappa shape index (κ2) is 12.9. The predicted molar refractivity (Wildman–Crippen MR) is 134 cm³/mol. The van der Waals surface area contributed by atoms with Crippen LogP contribution in [0.1, 0.15) is 72.5 Å². The van der Waals surface area contributed by atoms with E-state index in [9.17, 15) is 49.8 Å². The molecule has 1 aliphatic carbocycles. The largest absolute Gasteiger partial charge is 0.482 e. The zero-order valence-electron chi connectivity index (χ0n) is 22.6. The van der Waals surface area contributed by atoms with E-state index in [1.54, 1.807) is 0 Å². The minimum atomic E-state index is -4.69. The first-order valence-electron chi connectivity index (χ1n) is 13.2. The van der Waals surface area contributed by atoms with Gasteiger partial charge in [-0.3, -0.25) is 9.59 Å². The number of pyridine rings is 1. The number of hydrogen-bond acceptors (Lipinski definition) is 7. The monoisotopic (exact) mass is 638 g/mol. The van der Waals surface area contributed by atoms with Crippen LogP contribution >= 0.6 is 0 Å². The van der Waals surface area contributed by atoms with Crippen molar-refractivity contribution in [3.8, 4) is 5.75 Å². The molecule has 3 heterocycles. The van der Waals surface area contributed by atoms with Crippen LogP contribution in [0.15, 0.2) is 36.8 Å². The number of rotatable bonds is 10. The fourth-order valence-electron chi connectivity index (χ4n) is 4.65. The maximum absolute atomic E-state index is 13.9. The Labute approximate surface area is 243 Å². The molecule has 0 aromatic carbocycles. The Kier molecular flexibility index (Phi) is 9.60. The van der Waals surface area contributed by atoms with Gasteiger partial charge in [-0.2, -0.15) is 31.4 Å². The second-order valence-electron chi connectivity index (χ2n) is 10.2. The van der Waals surface area contributed by atoms with Gasteiger partial charge in [0.25, 0.3) is 5.91 Å². The Hall–Kier alpha value is -4.09. The number of nitrogens with one attached hydrogen (secondary N) is 2. The Balaban J connectivity index is 1.58. The van der Waals surface area contributed by atoms with E-state index in [4.69, 9.17) is 4.74 Å². The number of amides is 2. The first-order valence-corrected chi connectivity index (χ1v) is 13.2. The zero-order valence-corrected chi connectivity index (χ0v) is 22.6. The Morgan fingerprint density at radius 1 is 1.11 bits per heavy atom. The molecule has 240 valence electrons. The van der Waals surface area contributed by atoms with E-state index in [1.807, 2.05) is 5.32 Å². The summed E-state index contributed by atoms with van der Waals surface area (Å²) >= 11 is 0. The number of halogens is 8. The van der Waals surface area contributed by atoms with Crippen LogP contribution < -0.4 is 15.4 Å². The molecule has 2 amide bonds. The van der Waals surface area contributed by atoms with Gasteiger partial charge >= 0.3 is 12.4 Å². The van der Waals surface area contributed by atoms with Crippen molar-refractivity contribution in [3.63, 3.8) is 0 Å². The minimum absolute atomic E-state index is 0.0344. The highest BCUT2D eigenvalue weighted by atomic mass is 19.4. The number of carbonyl (C=O) groups is 2. The first kappa shape index (κ1) is 32.8. The molecule has 3 aromatic rings. The predicted octanol–water partition coefficient (Wildman–Crippen LogP) is 4.81. The fourth-order valence-corrected chi connectivity index (χ4v) is 4.65. The standard InChI is InChI=1S/C26H26F8N6O4/c27-24(28)6-3-14(4-7-24)20(39-23(43)21-17(2-1-9-35-21)44-13-26(32,33)34)16-12-40-18(37-16)10-15(11-36-40)22(42)38-19(41)5-8-25(29,30)31/h1-2,9-12,14,20,22,42H,3-8,13H2,(H,38,41)(H,39,43)/t20-,22+/m0/s1. The summed E-state index contributed by atoms with van der Waals surface area (Å²) in [5.74, 6) is -5.97. The maximum Gasteiger partial charge on any atom is 0.422 e. The number of nitrogens with zero attached hydrogens (tertiary/aromatic N) is 4. The van der Waals surface area contributed by atoms with Crippen LogP contribution in [0, 0.1) is 5.92 Å². The molecule has 3 N–H and O–H groups in total. The summed E-state index contributed by atoms with van der Waals surface area (Å²) in [7, 11) is 0. The number of ether oxygens (including phenoxy) is 1. The van der Waals surface area contributed by atoms with Crippen LogP contribution in [-0.4, -0.2) is 61.4 Å². The molecule has 10 nitrogen and oxygen atoms in total. The van der Waals surface area contributed by atoms with E-state index in [0.717, 1.165) is 18.5 Å². The molecule has 44 heavy (non-hydrogen) atoms.